The van der Waals surface area contributed by atoms with Crippen molar-refractivity contribution >= 4 is 15.9 Å². The van der Waals surface area contributed by atoms with Crippen molar-refractivity contribution in [1.82, 2.24) is 10.6 Å². The molecule has 3 rings (SSSR count). The summed E-state index contributed by atoms with van der Waals surface area (Å²) in [5.74, 6) is 0.108. The predicted molar refractivity (Wildman–Crippen MR) is 77.6 cm³/mol. The van der Waals surface area contributed by atoms with Gasteiger partial charge in [0.05, 0.1) is 23.7 Å². The molecule has 114 valence electrons. The fraction of sp³-hybridized carbons (Fsp3) is 0.500. The molecule has 0 spiro atoms. The number of carbonyl (C=O) groups excluding carboxylic acids is 1. The molecule has 3 N–H and O–H groups in total. The standard InChI is InChI=1S/C14H18N2O4S/c17-12-7-9-3-1-2-4-11(9)13(12)16-14(18)15-10-5-6-21(19,20)8-10/h1-4,10,12-13,17H,5-8H2,(H2,15,16,18)/t10-,12+,13-/m1/s1. The Kier molecular flexibility index (Phi) is 3.62. The third-order valence-corrected chi connectivity index (χ3v) is 5.83. The zero-order valence-electron chi connectivity index (χ0n) is 11.5. The van der Waals surface area contributed by atoms with Crippen LogP contribution in [0.15, 0.2) is 24.3 Å². The van der Waals surface area contributed by atoms with E-state index in [4.69, 9.17) is 0 Å². The van der Waals surface area contributed by atoms with E-state index in [0.717, 1.165) is 11.1 Å². The van der Waals surface area contributed by atoms with Crippen LogP contribution in [0.4, 0.5) is 4.79 Å². The highest BCUT2D eigenvalue weighted by Gasteiger charge is 2.33. The molecule has 1 aromatic carbocycles. The van der Waals surface area contributed by atoms with Crippen LogP contribution in [0.25, 0.3) is 0 Å². The summed E-state index contributed by atoms with van der Waals surface area (Å²) in [5.41, 5.74) is 1.94. The number of aliphatic hydroxyl groups is 1. The topological polar surface area (TPSA) is 95.5 Å². The first kappa shape index (κ1) is 14.3. The molecule has 6 nitrogen and oxygen atoms in total. The van der Waals surface area contributed by atoms with Gasteiger partial charge in [0.2, 0.25) is 0 Å². The van der Waals surface area contributed by atoms with Crippen molar-refractivity contribution in [2.45, 2.75) is 31.0 Å². The normalized spacial score (nSPS) is 29.9. The molecule has 0 aromatic heterocycles. The first-order valence-electron chi connectivity index (χ1n) is 6.98. The average molecular weight is 310 g/mol. The highest BCUT2D eigenvalue weighted by molar-refractivity contribution is 7.91. The lowest BCUT2D eigenvalue weighted by atomic mass is 10.1. The second kappa shape index (κ2) is 5.31. The van der Waals surface area contributed by atoms with Crippen LogP contribution in [0.3, 0.4) is 0 Å². The minimum absolute atomic E-state index is 0.00970. The van der Waals surface area contributed by atoms with E-state index in [9.17, 15) is 18.3 Å². The molecule has 7 heteroatoms. The van der Waals surface area contributed by atoms with Crippen molar-refractivity contribution in [3.05, 3.63) is 35.4 Å². The number of benzene rings is 1. The average Bonchev–Trinajstić information content (AvgIpc) is 2.90. The Morgan fingerprint density at radius 3 is 2.71 bits per heavy atom. The molecule has 21 heavy (non-hydrogen) atoms. The van der Waals surface area contributed by atoms with E-state index in [0.29, 0.717) is 12.8 Å². The first-order valence-corrected chi connectivity index (χ1v) is 8.80. The summed E-state index contributed by atoms with van der Waals surface area (Å²) in [4.78, 5) is 12.0. The van der Waals surface area contributed by atoms with Gasteiger partial charge in [0.15, 0.2) is 9.84 Å². The number of hydrogen-bond acceptors (Lipinski definition) is 4. The van der Waals surface area contributed by atoms with Crippen LogP contribution in [0.5, 0.6) is 0 Å². The van der Waals surface area contributed by atoms with E-state index in [-0.39, 0.29) is 17.5 Å². The van der Waals surface area contributed by atoms with E-state index in [1.807, 2.05) is 24.3 Å². The fourth-order valence-corrected chi connectivity index (χ4v) is 4.70. The monoisotopic (exact) mass is 310 g/mol. The number of carbonyl (C=O) groups is 1. The fourth-order valence-electron chi connectivity index (χ4n) is 3.03. The van der Waals surface area contributed by atoms with E-state index < -0.39 is 28.0 Å². The summed E-state index contributed by atoms with van der Waals surface area (Å²) in [6.07, 6.45) is 0.304. The second-order valence-electron chi connectivity index (χ2n) is 5.67. The summed E-state index contributed by atoms with van der Waals surface area (Å²) in [6.45, 7) is 0. The number of aliphatic hydroxyl groups excluding tert-OH is 1. The molecular weight excluding hydrogens is 292 g/mol. The molecule has 1 aliphatic carbocycles. The van der Waals surface area contributed by atoms with Gasteiger partial charge in [-0.25, -0.2) is 13.2 Å². The van der Waals surface area contributed by atoms with Gasteiger partial charge in [-0.2, -0.15) is 0 Å². The van der Waals surface area contributed by atoms with Crippen LogP contribution in [-0.2, 0) is 16.3 Å². The van der Waals surface area contributed by atoms with Crippen LogP contribution in [0.2, 0.25) is 0 Å². The van der Waals surface area contributed by atoms with Crippen LogP contribution >= 0.6 is 0 Å². The van der Waals surface area contributed by atoms with E-state index in [1.54, 1.807) is 0 Å². The molecule has 1 aromatic rings. The Hall–Kier alpha value is -1.60. The molecule has 3 atom stereocenters. The summed E-state index contributed by atoms with van der Waals surface area (Å²) in [7, 11) is -3.02. The number of sulfone groups is 1. The van der Waals surface area contributed by atoms with Crippen LogP contribution < -0.4 is 10.6 Å². The SMILES string of the molecule is O=C(N[C@@H]1CCS(=O)(=O)C1)N[C@@H]1c2ccccc2C[C@@H]1O. The summed E-state index contributed by atoms with van der Waals surface area (Å²) in [5, 5.41) is 15.5. The molecule has 1 saturated heterocycles. The van der Waals surface area contributed by atoms with Crippen molar-refractivity contribution in [1.29, 1.82) is 0 Å². The Morgan fingerprint density at radius 1 is 1.24 bits per heavy atom. The first-order chi connectivity index (χ1) is 9.94. The lowest BCUT2D eigenvalue weighted by Crippen LogP contribution is -2.45. The smallest absolute Gasteiger partial charge is 0.315 e. The van der Waals surface area contributed by atoms with E-state index >= 15 is 0 Å². The van der Waals surface area contributed by atoms with Gasteiger partial charge < -0.3 is 15.7 Å². The lowest BCUT2D eigenvalue weighted by Gasteiger charge is -2.20. The minimum Gasteiger partial charge on any atom is -0.390 e. The Labute approximate surface area is 123 Å². The number of nitrogens with one attached hydrogen (secondary N) is 2. The van der Waals surface area contributed by atoms with Crippen molar-refractivity contribution in [2.75, 3.05) is 11.5 Å². The Morgan fingerprint density at radius 2 is 2.00 bits per heavy atom. The Bertz CT molecular complexity index is 659. The zero-order valence-corrected chi connectivity index (χ0v) is 12.3. The van der Waals surface area contributed by atoms with Gasteiger partial charge in [-0.3, -0.25) is 0 Å². The molecule has 0 bridgehead atoms. The molecule has 0 unspecified atom stereocenters. The van der Waals surface area contributed by atoms with Crippen LogP contribution in [-0.4, -0.2) is 43.2 Å². The number of hydrogen-bond donors (Lipinski definition) is 3. The van der Waals surface area contributed by atoms with E-state index in [1.165, 1.54) is 0 Å². The van der Waals surface area contributed by atoms with Crippen LogP contribution in [0, 0.1) is 0 Å². The Balaban J connectivity index is 1.63. The third-order valence-electron chi connectivity index (χ3n) is 4.06. The van der Waals surface area contributed by atoms with Gasteiger partial charge in [0, 0.05) is 12.5 Å². The van der Waals surface area contributed by atoms with Gasteiger partial charge in [-0.1, -0.05) is 24.3 Å². The molecule has 2 aliphatic rings. The van der Waals surface area contributed by atoms with Crippen molar-refractivity contribution in [2.24, 2.45) is 0 Å². The predicted octanol–water partition coefficient (Wildman–Crippen LogP) is 0.131. The number of rotatable bonds is 2. The highest BCUT2D eigenvalue weighted by atomic mass is 32.2. The minimum atomic E-state index is -3.02. The molecular formula is C14H18N2O4S. The van der Waals surface area contributed by atoms with Crippen LogP contribution in [0.1, 0.15) is 23.6 Å². The largest absolute Gasteiger partial charge is 0.390 e. The van der Waals surface area contributed by atoms with Gasteiger partial charge in [-0.15, -0.1) is 0 Å². The molecule has 1 fully saturated rings. The van der Waals surface area contributed by atoms with Crippen molar-refractivity contribution in [3.63, 3.8) is 0 Å². The maximum atomic E-state index is 12.0. The van der Waals surface area contributed by atoms with Crippen molar-refractivity contribution < 1.29 is 18.3 Å². The summed E-state index contributed by atoms with van der Waals surface area (Å²) >= 11 is 0. The quantitative estimate of drug-likeness (QED) is 0.723. The zero-order chi connectivity index (χ0) is 15.0. The molecule has 1 heterocycles. The molecule has 1 aliphatic heterocycles. The van der Waals surface area contributed by atoms with Gasteiger partial charge in [0.1, 0.15) is 0 Å². The number of urea groups is 1. The number of amides is 2. The maximum absolute atomic E-state index is 12.0. The second-order valence-corrected chi connectivity index (χ2v) is 7.89. The summed E-state index contributed by atoms with van der Waals surface area (Å²) < 4.78 is 22.7. The third kappa shape index (κ3) is 3.03. The highest BCUT2D eigenvalue weighted by Crippen LogP contribution is 2.31. The molecule has 2 amide bonds. The molecule has 0 radical (unpaired) electrons. The number of fused-ring (bicyclic) bond motifs is 1. The van der Waals surface area contributed by atoms with Gasteiger partial charge >= 0.3 is 6.03 Å². The van der Waals surface area contributed by atoms with Gasteiger partial charge in [0.25, 0.3) is 0 Å². The maximum Gasteiger partial charge on any atom is 0.315 e. The lowest BCUT2D eigenvalue weighted by molar-refractivity contribution is 0.142. The van der Waals surface area contributed by atoms with Gasteiger partial charge in [-0.05, 0) is 17.5 Å². The van der Waals surface area contributed by atoms with Crippen molar-refractivity contribution in [3.8, 4) is 0 Å². The van der Waals surface area contributed by atoms with E-state index in [2.05, 4.69) is 10.6 Å². The molecule has 0 saturated carbocycles. The summed E-state index contributed by atoms with van der Waals surface area (Å²) in [6, 6.07) is 6.36.